The van der Waals surface area contributed by atoms with Gasteiger partial charge >= 0.3 is 0 Å². The van der Waals surface area contributed by atoms with Crippen LogP contribution in [0.1, 0.15) is 109 Å². The highest BCUT2D eigenvalue weighted by atomic mass is 16.7. The van der Waals surface area contributed by atoms with Crippen molar-refractivity contribution in [2.45, 2.75) is 182 Å². The molecule has 4 unspecified atom stereocenters. The number of rotatable bonds is 14. The highest BCUT2D eigenvalue weighted by Gasteiger charge is 2.46. The fraction of sp³-hybridized carbons (Fsp3) is 0.577. The summed E-state index contributed by atoms with van der Waals surface area (Å²) in [6.45, 7) is 24.6. The normalized spacial score (nSPS) is 35.8. The Morgan fingerprint density at radius 1 is 0.500 bits per heavy atom. The van der Waals surface area contributed by atoms with Crippen LogP contribution in [0.4, 0.5) is 0 Å². The van der Waals surface area contributed by atoms with E-state index in [4.69, 9.17) is 18.9 Å². The van der Waals surface area contributed by atoms with Gasteiger partial charge in [-0.2, -0.15) is 0 Å². The molecule has 0 bridgehead atoms. The van der Waals surface area contributed by atoms with Gasteiger partial charge in [-0.3, -0.25) is 0 Å². The summed E-state index contributed by atoms with van der Waals surface area (Å²) in [5, 5.41) is 61.4. The standard InChI is InChI=1S/C52H76O10/c1-31(19-15-21-33(3)23-25-41-35(5)27-39(29-51(41,9)10)61-49-47(57)45(55)43(53)37(7)59-49)17-13-14-18-32(2)20-16-22-34(4)24-26-42-36(6)28-40(30-52(42,11)12)62-50-48(58)46(56)44(54)38(8)60-50/h13-26,37-40,43-50,53-58H,27-30H2,1-12H3/b14-13+,19-15+,20-16+,25-23+,26-24+,31-17+,32-18+,33-21+,34-22+/t37-,38-,39?,40?,43-,44-,45+,46+,47+,48+,49?,50?/m0/s1. The van der Waals surface area contributed by atoms with Crippen molar-refractivity contribution in [3.8, 4) is 0 Å². The van der Waals surface area contributed by atoms with E-state index >= 15 is 0 Å². The van der Waals surface area contributed by atoms with E-state index in [9.17, 15) is 30.6 Å². The second kappa shape index (κ2) is 22.6. The molecule has 6 N–H and O–H groups in total. The van der Waals surface area contributed by atoms with E-state index in [2.05, 4.69) is 142 Å². The van der Waals surface area contributed by atoms with Gasteiger partial charge in [0.25, 0.3) is 0 Å². The Morgan fingerprint density at radius 3 is 1.16 bits per heavy atom. The van der Waals surface area contributed by atoms with Crippen molar-refractivity contribution in [2.75, 3.05) is 0 Å². The summed E-state index contributed by atoms with van der Waals surface area (Å²) >= 11 is 0. The van der Waals surface area contributed by atoms with Crippen molar-refractivity contribution in [3.05, 3.63) is 130 Å². The van der Waals surface area contributed by atoms with Crippen molar-refractivity contribution in [1.29, 1.82) is 0 Å². The second-order valence-corrected chi connectivity index (χ2v) is 19.3. The predicted octanol–water partition coefficient (Wildman–Crippen LogP) is 8.25. The molecule has 10 heteroatoms. The molecule has 0 spiro atoms. The van der Waals surface area contributed by atoms with E-state index < -0.39 is 61.4 Å². The Morgan fingerprint density at radius 2 is 0.823 bits per heavy atom. The maximum Gasteiger partial charge on any atom is 0.186 e. The molecule has 2 aliphatic heterocycles. The van der Waals surface area contributed by atoms with Crippen LogP contribution in [0.3, 0.4) is 0 Å². The van der Waals surface area contributed by atoms with Gasteiger partial charge in [-0.25, -0.2) is 0 Å². The van der Waals surface area contributed by atoms with Crippen LogP contribution in [-0.4, -0.2) is 104 Å². The second-order valence-electron chi connectivity index (χ2n) is 19.3. The van der Waals surface area contributed by atoms with Crippen LogP contribution in [0, 0.1) is 10.8 Å². The van der Waals surface area contributed by atoms with Gasteiger partial charge in [0.1, 0.15) is 36.6 Å². The average Bonchev–Trinajstić information content (AvgIpc) is 3.17. The lowest BCUT2D eigenvalue weighted by Crippen LogP contribution is -2.58. The lowest BCUT2D eigenvalue weighted by Gasteiger charge is -2.43. The number of hydrogen-bond donors (Lipinski definition) is 6. The van der Waals surface area contributed by atoms with Crippen LogP contribution in [0.15, 0.2) is 130 Å². The third kappa shape index (κ3) is 14.1. The minimum atomic E-state index is -1.31. The van der Waals surface area contributed by atoms with Gasteiger partial charge < -0.3 is 49.6 Å². The number of aliphatic hydroxyl groups excluding tert-OH is 6. The van der Waals surface area contributed by atoms with Crippen LogP contribution in [0.2, 0.25) is 0 Å². The van der Waals surface area contributed by atoms with Crippen molar-refractivity contribution < 1.29 is 49.6 Å². The van der Waals surface area contributed by atoms with Crippen LogP contribution < -0.4 is 0 Å². The highest BCUT2D eigenvalue weighted by molar-refractivity contribution is 5.39. The Bertz CT molecular complexity index is 1750. The first-order chi connectivity index (χ1) is 29.0. The summed E-state index contributed by atoms with van der Waals surface area (Å²) in [5.41, 5.74) is 9.11. The van der Waals surface area contributed by atoms with E-state index in [0.717, 1.165) is 35.1 Å². The van der Waals surface area contributed by atoms with Gasteiger partial charge in [0.2, 0.25) is 0 Å². The molecule has 0 amide bonds. The third-order valence-corrected chi connectivity index (χ3v) is 12.5. The van der Waals surface area contributed by atoms with E-state index in [-0.39, 0.29) is 23.0 Å². The number of allylic oxidation sites excluding steroid dienone is 20. The molecule has 0 aromatic rings. The number of aliphatic hydroxyl groups is 6. The Kier molecular flexibility index (Phi) is 18.7. The maximum atomic E-state index is 10.4. The lowest BCUT2D eigenvalue weighted by atomic mass is 9.71. The highest BCUT2D eigenvalue weighted by Crippen LogP contribution is 2.44. The molecular formula is C52H76O10. The zero-order chi connectivity index (χ0) is 46.1. The molecule has 2 heterocycles. The fourth-order valence-electron chi connectivity index (χ4n) is 8.89. The quantitative estimate of drug-likeness (QED) is 0.0940. The average molecular weight is 861 g/mol. The Labute approximate surface area is 371 Å². The molecule has 0 saturated carbocycles. The number of hydrogen-bond acceptors (Lipinski definition) is 10. The molecule has 0 radical (unpaired) electrons. The SMILES string of the molecule is CC1=C(/C=C/C(C)=C/C=C/C(C)=C/C=C/C=C(C)/C=C/C=C(C)/C=C/C2=C(C)CC(OC3O[C@@H](C)[C@H](O)[C@@H](O)[C@H]3O)CC2(C)C)C(C)(C)CC(OC2O[C@@H](C)[C@H](O)[C@@H](O)[C@H]2O)C1. The molecule has 344 valence electrons. The molecule has 4 rings (SSSR count). The molecule has 0 aromatic heterocycles. The molecule has 0 aromatic carbocycles. The van der Waals surface area contributed by atoms with E-state index in [1.807, 2.05) is 12.2 Å². The smallest absolute Gasteiger partial charge is 0.186 e. The van der Waals surface area contributed by atoms with Gasteiger partial charge in [0.05, 0.1) is 24.4 Å². The molecule has 62 heavy (non-hydrogen) atoms. The Hall–Kier alpha value is -3.26. The Balaban J connectivity index is 1.25. The van der Waals surface area contributed by atoms with Crippen LogP contribution in [-0.2, 0) is 18.9 Å². The van der Waals surface area contributed by atoms with Gasteiger partial charge in [-0.05, 0) is 103 Å². The topological polar surface area (TPSA) is 158 Å². The van der Waals surface area contributed by atoms with Gasteiger partial charge in [-0.1, -0.05) is 146 Å². The maximum absolute atomic E-state index is 10.4. The summed E-state index contributed by atoms with van der Waals surface area (Å²) in [6, 6.07) is 0. The van der Waals surface area contributed by atoms with Crippen molar-refractivity contribution in [3.63, 3.8) is 0 Å². The summed E-state index contributed by atoms with van der Waals surface area (Å²) in [7, 11) is 0. The van der Waals surface area contributed by atoms with E-state index in [0.29, 0.717) is 12.8 Å². The van der Waals surface area contributed by atoms with Gasteiger partial charge in [-0.15, -0.1) is 0 Å². The third-order valence-electron chi connectivity index (χ3n) is 12.5. The number of ether oxygens (including phenoxy) is 4. The monoisotopic (exact) mass is 861 g/mol. The van der Waals surface area contributed by atoms with E-state index in [1.54, 1.807) is 13.8 Å². The predicted molar refractivity (Wildman–Crippen MR) is 247 cm³/mol. The zero-order valence-corrected chi connectivity index (χ0v) is 39.2. The van der Waals surface area contributed by atoms with Gasteiger partial charge in [0, 0.05) is 0 Å². The largest absolute Gasteiger partial charge is 0.388 e. The fourth-order valence-corrected chi connectivity index (χ4v) is 8.89. The van der Waals surface area contributed by atoms with Crippen molar-refractivity contribution in [2.24, 2.45) is 10.8 Å². The first-order valence-electron chi connectivity index (χ1n) is 22.2. The van der Waals surface area contributed by atoms with Crippen LogP contribution in [0.5, 0.6) is 0 Å². The molecule has 2 fully saturated rings. The molecule has 4 aliphatic rings. The molecule has 12 atom stereocenters. The summed E-state index contributed by atoms with van der Waals surface area (Å²) < 4.78 is 23.7. The minimum absolute atomic E-state index is 0.170. The summed E-state index contributed by atoms with van der Waals surface area (Å²) in [4.78, 5) is 0. The molecule has 2 aliphatic carbocycles. The molecule has 2 saturated heterocycles. The lowest BCUT2D eigenvalue weighted by molar-refractivity contribution is -0.305. The first-order valence-corrected chi connectivity index (χ1v) is 22.2. The van der Waals surface area contributed by atoms with Crippen molar-refractivity contribution >= 4 is 0 Å². The van der Waals surface area contributed by atoms with Crippen LogP contribution >= 0.6 is 0 Å². The minimum Gasteiger partial charge on any atom is -0.388 e. The molecule has 10 nitrogen and oxygen atoms in total. The van der Waals surface area contributed by atoms with Crippen LogP contribution in [0.25, 0.3) is 0 Å². The van der Waals surface area contributed by atoms with Crippen molar-refractivity contribution in [1.82, 2.24) is 0 Å². The summed E-state index contributed by atoms with van der Waals surface area (Å²) in [6.07, 6.45) is 21.1. The van der Waals surface area contributed by atoms with Gasteiger partial charge in [0.15, 0.2) is 12.6 Å². The zero-order valence-electron chi connectivity index (χ0n) is 39.2. The molecular weight excluding hydrogens is 785 g/mol. The summed E-state index contributed by atoms with van der Waals surface area (Å²) in [5.74, 6) is 0. The first kappa shape index (κ1) is 51.4. The van der Waals surface area contributed by atoms with E-state index in [1.165, 1.54) is 22.3 Å².